The predicted octanol–water partition coefficient (Wildman–Crippen LogP) is 7.24. The molecule has 2 aromatic rings. The molecule has 0 bridgehead atoms. The Kier molecular flexibility index (Phi) is 6.55. The molecule has 0 atom stereocenters. The molecular weight excluding hydrogens is 431 g/mol. The number of aliphatic imine (C=N–C) groups is 1. The molecule has 0 aromatic heterocycles. The van der Waals surface area contributed by atoms with Crippen molar-refractivity contribution in [3.8, 4) is 5.75 Å². The number of para-hydroxylation sites is 1. The first-order valence-corrected chi connectivity index (χ1v) is 12.6. The van der Waals surface area contributed by atoms with Gasteiger partial charge in [0.1, 0.15) is 5.75 Å². The van der Waals surface area contributed by atoms with E-state index in [0.717, 1.165) is 17.9 Å². The third-order valence-electron chi connectivity index (χ3n) is 3.76. The van der Waals surface area contributed by atoms with Gasteiger partial charge in [0, 0.05) is 38.8 Å². The van der Waals surface area contributed by atoms with E-state index in [1.807, 2.05) is 77.0 Å². The molecule has 0 fully saturated rings. The van der Waals surface area contributed by atoms with Gasteiger partial charge >= 0.3 is 0 Å². The largest absolute Gasteiger partial charge is 0.507 e. The van der Waals surface area contributed by atoms with Crippen molar-refractivity contribution in [2.75, 3.05) is 12.3 Å². The number of phenols is 1. The molecule has 2 heterocycles. The topological polar surface area (TPSA) is 32.6 Å². The zero-order valence-corrected chi connectivity index (χ0v) is 18.6. The van der Waals surface area contributed by atoms with Crippen molar-refractivity contribution in [3.05, 3.63) is 71.7 Å². The molecule has 4 rings (SSSR count). The van der Waals surface area contributed by atoms with Gasteiger partial charge in [-0.3, -0.25) is 4.99 Å². The summed E-state index contributed by atoms with van der Waals surface area (Å²) in [6.07, 6.45) is 1.75. The maximum atomic E-state index is 9.75. The summed E-state index contributed by atoms with van der Waals surface area (Å²) in [6, 6.07) is 15.9. The summed E-state index contributed by atoms with van der Waals surface area (Å²) in [5.41, 5.74) is 0.769. The summed E-state index contributed by atoms with van der Waals surface area (Å²) >= 11 is 9.43. The molecular formula is C20H17NOS5. The molecule has 2 aliphatic rings. The minimum absolute atomic E-state index is 0.277. The van der Waals surface area contributed by atoms with E-state index in [0.29, 0.717) is 0 Å². The maximum absolute atomic E-state index is 9.75. The Hall–Kier alpha value is -0.860. The Morgan fingerprint density at radius 2 is 1.59 bits per heavy atom. The Bertz CT molecular complexity index is 924. The first kappa shape index (κ1) is 19.5. The Morgan fingerprint density at radius 3 is 2.33 bits per heavy atom. The van der Waals surface area contributed by atoms with E-state index in [9.17, 15) is 5.11 Å². The molecule has 0 spiro atoms. The number of phenolic OH excluding ortho intramolecular Hbond substituents is 1. The minimum atomic E-state index is 0.277. The molecule has 7 heteroatoms. The zero-order valence-electron chi connectivity index (χ0n) is 14.5. The second-order valence-electron chi connectivity index (χ2n) is 5.72. The van der Waals surface area contributed by atoms with Crippen molar-refractivity contribution >= 4 is 65.0 Å². The number of fused-ring (bicyclic) bond motifs is 1. The molecule has 27 heavy (non-hydrogen) atoms. The molecule has 2 nitrogen and oxygen atoms in total. The van der Waals surface area contributed by atoms with Gasteiger partial charge in [-0.15, -0.1) is 11.8 Å². The standard InChI is InChI=1S/C20H17NOS5/c1-13-18(23-11-10-21-12-14-6-2-3-7-15(14)22)27-19(24-13)20-25-16-8-4-5-9-17(16)26-20/h2-9,12,22H,10-11H2,1H3. The number of nitrogens with zero attached hydrogens (tertiary/aromatic N) is 1. The number of hydrogen-bond donors (Lipinski definition) is 1. The van der Waals surface area contributed by atoms with Crippen LogP contribution in [-0.4, -0.2) is 23.6 Å². The van der Waals surface area contributed by atoms with Crippen molar-refractivity contribution in [1.82, 2.24) is 0 Å². The molecule has 0 saturated heterocycles. The van der Waals surface area contributed by atoms with E-state index < -0.39 is 0 Å². The summed E-state index contributed by atoms with van der Waals surface area (Å²) in [5.74, 6) is 1.21. The molecule has 0 saturated carbocycles. The van der Waals surface area contributed by atoms with Crippen LogP contribution in [0.25, 0.3) is 0 Å². The van der Waals surface area contributed by atoms with Crippen LogP contribution in [-0.2, 0) is 0 Å². The molecule has 2 aliphatic heterocycles. The molecule has 0 unspecified atom stereocenters. The van der Waals surface area contributed by atoms with E-state index in [2.05, 4.69) is 36.2 Å². The van der Waals surface area contributed by atoms with Crippen molar-refractivity contribution in [3.63, 3.8) is 0 Å². The second kappa shape index (κ2) is 9.09. The molecule has 138 valence electrons. The Balaban J connectivity index is 1.30. The lowest BCUT2D eigenvalue weighted by atomic mass is 10.2. The normalized spacial score (nSPS) is 16.6. The van der Waals surface area contributed by atoms with Gasteiger partial charge in [0.15, 0.2) is 0 Å². The summed E-state index contributed by atoms with van der Waals surface area (Å²) in [4.78, 5) is 8.56. The highest BCUT2D eigenvalue weighted by atomic mass is 32.2. The minimum Gasteiger partial charge on any atom is -0.507 e. The molecule has 0 radical (unpaired) electrons. The Labute approximate surface area is 180 Å². The highest BCUT2D eigenvalue weighted by Crippen LogP contribution is 2.62. The van der Waals surface area contributed by atoms with Crippen molar-refractivity contribution in [2.45, 2.75) is 16.7 Å². The SMILES string of the molecule is CC1=C(SCCN=Cc2ccccc2O)SC(=C2Sc3ccccc3S2)S1. The van der Waals surface area contributed by atoms with Gasteiger partial charge in [0.25, 0.3) is 0 Å². The average Bonchev–Trinajstić information content (AvgIpc) is 3.26. The van der Waals surface area contributed by atoms with Crippen LogP contribution in [0, 0.1) is 0 Å². The fraction of sp³-hybridized carbons (Fsp3) is 0.150. The first-order chi connectivity index (χ1) is 13.2. The quantitative estimate of drug-likeness (QED) is 0.384. The van der Waals surface area contributed by atoms with Gasteiger partial charge < -0.3 is 5.11 Å². The summed E-state index contributed by atoms with van der Waals surface area (Å²) in [5, 5.41) is 9.75. The smallest absolute Gasteiger partial charge is 0.124 e. The predicted molar refractivity (Wildman–Crippen MR) is 126 cm³/mol. The number of benzene rings is 2. The number of rotatable bonds is 5. The maximum Gasteiger partial charge on any atom is 0.124 e. The summed E-state index contributed by atoms with van der Waals surface area (Å²) in [6.45, 7) is 2.94. The van der Waals surface area contributed by atoms with Crippen LogP contribution >= 0.6 is 58.8 Å². The molecule has 0 amide bonds. The number of thioether (sulfide) groups is 5. The van der Waals surface area contributed by atoms with Crippen molar-refractivity contribution in [1.29, 1.82) is 0 Å². The summed E-state index contributed by atoms with van der Waals surface area (Å²) < 4.78 is 4.19. The Morgan fingerprint density at radius 1 is 0.926 bits per heavy atom. The van der Waals surface area contributed by atoms with Crippen LogP contribution in [0.1, 0.15) is 12.5 Å². The van der Waals surface area contributed by atoms with Gasteiger partial charge in [0.2, 0.25) is 0 Å². The summed E-state index contributed by atoms with van der Waals surface area (Å²) in [7, 11) is 0. The van der Waals surface area contributed by atoms with E-state index in [4.69, 9.17) is 0 Å². The average molecular weight is 448 g/mol. The molecule has 1 N–H and O–H groups in total. The van der Waals surface area contributed by atoms with Gasteiger partial charge in [-0.1, -0.05) is 71.3 Å². The van der Waals surface area contributed by atoms with Crippen LogP contribution in [0.2, 0.25) is 0 Å². The van der Waals surface area contributed by atoms with Crippen LogP contribution in [0.5, 0.6) is 5.75 Å². The van der Waals surface area contributed by atoms with Crippen LogP contribution < -0.4 is 0 Å². The number of allylic oxidation sites excluding steroid dienone is 1. The van der Waals surface area contributed by atoms with E-state index in [1.54, 1.807) is 12.3 Å². The number of aromatic hydroxyl groups is 1. The first-order valence-electron chi connectivity index (χ1n) is 8.37. The van der Waals surface area contributed by atoms with Crippen molar-refractivity contribution in [2.24, 2.45) is 4.99 Å². The van der Waals surface area contributed by atoms with Gasteiger partial charge in [-0.25, -0.2) is 0 Å². The zero-order chi connectivity index (χ0) is 18.6. The fourth-order valence-electron chi connectivity index (χ4n) is 2.45. The second-order valence-corrected chi connectivity index (χ2v) is 11.9. The lowest BCUT2D eigenvalue weighted by molar-refractivity contribution is 0.474. The van der Waals surface area contributed by atoms with Crippen LogP contribution in [0.4, 0.5) is 0 Å². The highest BCUT2D eigenvalue weighted by molar-refractivity contribution is 8.37. The van der Waals surface area contributed by atoms with Gasteiger partial charge in [-0.2, -0.15) is 0 Å². The third kappa shape index (κ3) is 4.77. The highest BCUT2D eigenvalue weighted by Gasteiger charge is 2.26. The lowest BCUT2D eigenvalue weighted by Crippen LogP contribution is -1.88. The molecule has 0 aliphatic carbocycles. The lowest BCUT2D eigenvalue weighted by Gasteiger charge is -2.02. The van der Waals surface area contributed by atoms with Crippen molar-refractivity contribution < 1.29 is 5.11 Å². The molecule has 2 aromatic carbocycles. The van der Waals surface area contributed by atoms with Crippen LogP contribution in [0.3, 0.4) is 0 Å². The van der Waals surface area contributed by atoms with Gasteiger partial charge in [0.05, 0.1) is 12.7 Å². The van der Waals surface area contributed by atoms with E-state index >= 15 is 0 Å². The fourth-order valence-corrected chi connectivity index (χ4v) is 9.26. The van der Waals surface area contributed by atoms with Crippen LogP contribution in [0.15, 0.2) is 80.9 Å². The van der Waals surface area contributed by atoms with E-state index in [1.165, 1.54) is 27.4 Å². The monoisotopic (exact) mass is 447 g/mol. The third-order valence-corrected chi connectivity index (χ3v) is 10.9. The van der Waals surface area contributed by atoms with Gasteiger partial charge in [-0.05, 0) is 31.2 Å². The number of hydrogen-bond acceptors (Lipinski definition) is 7. The van der Waals surface area contributed by atoms with E-state index in [-0.39, 0.29) is 5.75 Å².